The quantitative estimate of drug-likeness (QED) is 0.157. The standard InChI is InChI=1S/C53H39N/c1-53(2)51-24-14-13-23-47(51)48-32-30-42(35-52(48)53)54(40-27-25-37(26-28-40)36-15-5-3-6-16-36)41-29-31-46(49(34-41)38-17-7-4-8-18-38)50-33-39-19-9-10-20-43(39)44-21-11-12-22-45(44)50/h3-35H,1-2H3. The van der Waals surface area contributed by atoms with Gasteiger partial charge in [0, 0.05) is 22.5 Å². The second kappa shape index (κ2) is 12.8. The van der Waals surface area contributed by atoms with Crippen LogP contribution in [0.15, 0.2) is 200 Å². The minimum atomic E-state index is -0.110. The number of hydrogen-bond acceptors (Lipinski definition) is 1. The normalized spacial score (nSPS) is 12.8. The third kappa shape index (κ3) is 5.24. The lowest BCUT2D eigenvalue weighted by Gasteiger charge is -2.29. The van der Waals surface area contributed by atoms with Crippen molar-refractivity contribution in [2.24, 2.45) is 0 Å². The summed E-state index contributed by atoms with van der Waals surface area (Å²) in [6.07, 6.45) is 0. The van der Waals surface area contributed by atoms with Crippen molar-refractivity contribution < 1.29 is 0 Å². The van der Waals surface area contributed by atoms with Gasteiger partial charge < -0.3 is 4.90 Å². The highest BCUT2D eigenvalue weighted by Gasteiger charge is 2.35. The molecule has 1 aliphatic carbocycles. The Bertz CT molecular complexity index is 2830. The fourth-order valence-electron chi connectivity index (χ4n) is 8.75. The topological polar surface area (TPSA) is 3.24 Å². The average Bonchev–Trinajstić information content (AvgIpc) is 3.47. The molecule has 0 aliphatic heterocycles. The van der Waals surface area contributed by atoms with Crippen LogP contribution in [0.2, 0.25) is 0 Å². The van der Waals surface area contributed by atoms with Crippen LogP contribution < -0.4 is 4.90 Å². The minimum absolute atomic E-state index is 0.110. The molecule has 9 aromatic rings. The van der Waals surface area contributed by atoms with Crippen molar-refractivity contribution in [1.29, 1.82) is 0 Å². The van der Waals surface area contributed by atoms with Gasteiger partial charge in [-0.2, -0.15) is 0 Å². The number of hydrogen-bond donors (Lipinski definition) is 0. The Morgan fingerprint density at radius 2 is 0.852 bits per heavy atom. The van der Waals surface area contributed by atoms with Crippen LogP contribution in [0.25, 0.3) is 66.1 Å². The Hall–Kier alpha value is -6.70. The number of nitrogens with zero attached hydrogens (tertiary/aromatic N) is 1. The van der Waals surface area contributed by atoms with Gasteiger partial charge in [0.1, 0.15) is 0 Å². The Balaban J connectivity index is 1.19. The summed E-state index contributed by atoms with van der Waals surface area (Å²) in [6, 6.07) is 73.4. The number of fused-ring (bicyclic) bond motifs is 6. The van der Waals surface area contributed by atoms with Crippen LogP contribution in [0.3, 0.4) is 0 Å². The average molecular weight is 690 g/mol. The lowest BCUT2D eigenvalue weighted by Crippen LogP contribution is -2.16. The second-order valence-electron chi connectivity index (χ2n) is 14.9. The van der Waals surface area contributed by atoms with Crippen LogP contribution in [0.4, 0.5) is 17.1 Å². The van der Waals surface area contributed by atoms with Crippen molar-refractivity contribution >= 4 is 38.6 Å². The smallest absolute Gasteiger partial charge is 0.0468 e. The van der Waals surface area contributed by atoms with Gasteiger partial charge >= 0.3 is 0 Å². The van der Waals surface area contributed by atoms with Crippen molar-refractivity contribution in [2.75, 3.05) is 4.90 Å². The molecular weight excluding hydrogens is 651 g/mol. The van der Waals surface area contributed by atoms with Crippen LogP contribution in [0.5, 0.6) is 0 Å². The van der Waals surface area contributed by atoms with E-state index in [4.69, 9.17) is 0 Å². The molecule has 0 N–H and O–H groups in total. The maximum absolute atomic E-state index is 2.43. The third-order valence-electron chi connectivity index (χ3n) is 11.5. The van der Waals surface area contributed by atoms with Gasteiger partial charge in [-0.05, 0) is 120 Å². The Morgan fingerprint density at radius 1 is 0.315 bits per heavy atom. The lowest BCUT2D eigenvalue weighted by atomic mass is 9.82. The van der Waals surface area contributed by atoms with Gasteiger partial charge in [-0.1, -0.05) is 172 Å². The Labute approximate surface area is 317 Å². The van der Waals surface area contributed by atoms with Gasteiger partial charge in [0.15, 0.2) is 0 Å². The van der Waals surface area contributed by atoms with E-state index in [9.17, 15) is 0 Å². The van der Waals surface area contributed by atoms with Crippen molar-refractivity contribution in [1.82, 2.24) is 0 Å². The first kappa shape index (κ1) is 32.0. The van der Waals surface area contributed by atoms with Gasteiger partial charge in [0.2, 0.25) is 0 Å². The molecule has 0 spiro atoms. The molecule has 0 saturated heterocycles. The minimum Gasteiger partial charge on any atom is -0.310 e. The third-order valence-corrected chi connectivity index (χ3v) is 11.5. The van der Waals surface area contributed by atoms with E-state index in [0.717, 1.165) is 17.1 Å². The highest BCUT2D eigenvalue weighted by atomic mass is 15.1. The molecule has 0 heterocycles. The summed E-state index contributed by atoms with van der Waals surface area (Å²) in [5, 5.41) is 5.06. The molecule has 0 amide bonds. The van der Waals surface area contributed by atoms with E-state index in [0.29, 0.717) is 0 Å². The van der Waals surface area contributed by atoms with Crippen molar-refractivity contribution in [3.05, 3.63) is 211 Å². The molecule has 1 heteroatoms. The first-order valence-corrected chi connectivity index (χ1v) is 18.8. The lowest BCUT2D eigenvalue weighted by molar-refractivity contribution is 0.660. The molecule has 0 radical (unpaired) electrons. The summed E-state index contributed by atoms with van der Waals surface area (Å²) in [7, 11) is 0. The second-order valence-corrected chi connectivity index (χ2v) is 14.9. The molecule has 0 bridgehead atoms. The molecule has 0 saturated carbocycles. The molecule has 10 rings (SSSR count). The van der Waals surface area contributed by atoms with Crippen molar-refractivity contribution in [3.63, 3.8) is 0 Å². The fourth-order valence-corrected chi connectivity index (χ4v) is 8.75. The van der Waals surface area contributed by atoms with E-state index >= 15 is 0 Å². The number of benzene rings is 9. The maximum atomic E-state index is 2.43. The molecular formula is C53H39N. The predicted octanol–water partition coefficient (Wildman–Crippen LogP) is 14.8. The van der Waals surface area contributed by atoms with Gasteiger partial charge in [0.25, 0.3) is 0 Å². The molecule has 256 valence electrons. The van der Waals surface area contributed by atoms with E-state index in [-0.39, 0.29) is 5.41 Å². The van der Waals surface area contributed by atoms with Gasteiger partial charge in [-0.15, -0.1) is 0 Å². The summed E-state index contributed by atoms with van der Waals surface area (Å²) >= 11 is 0. The highest BCUT2D eigenvalue weighted by molar-refractivity contribution is 6.15. The van der Waals surface area contributed by atoms with Crippen LogP contribution in [-0.4, -0.2) is 0 Å². The molecule has 0 unspecified atom stereocenters. The zero-order chi connectivity index (χ0) is 36.2. The van der Waals surface area contributed by atoms with Gasteiger partial charge in [-0.25, -0.2) is 0 Å². The first-order chi connectivity index (χ1) is 26.5. The summed E-state index contributed by atoms with van der Waals surface area (Å²) in [6.45, 7) is 4.72. The molecule has 0 fully saturated rings. The zero-order valence-corrected chi connectivity index (χ0v) is 30.5. The molecule has 0 aromatic heterocycles. The largest absolute Gasteiger partial charge is 0.310 e. The van der Waals surface area contributed by atoms with Gasteiger partial charge in [-0.3, -0.25) is 0 Å². The molecule has 54 heavy (non-hydrogen) atoms. The molecule has 0 atom stereocenters. The summed E-state index contributed by atoms with van der Waals surface area (Å²) in [4.78, 5) is 2.43. The predicted molar refractivity (Wildman–Crippen MR) is 230 cm³/mol. The van der Waals surface area contributed by atoms with Crippen LogP contribution in [0.1, 0.15) is 25.0 Å². The maximum Gasteiger partial charge on any atom is 0.0468 e. The first-order valence-electron chi connectivity index (χ1n) is 18.8. The highest BCUT2D eigenvalue weighted by Crippen LogP contribution is 2.51. The SMILES string of the molecule is CC1(C)c2ccccc2-c2ccc(N(c3ccc(-c4ccccc4)cc3)c3ccc(-c4cc5ccccc5c5ccccc45)c(-c4ccccc4)c3)cc21. The van der Waals surface area contributed by atoms with E-state index < -0.39 is 0 Å². The number of rotatable bonds is 6. The van der Waals surface area contributed by atoms with Crippen LogP contribution in [0, 0.1) is 0 Å². The Morgan fingerprint density at radius 3 is 1.61 bits per heavy atom. The summed E-state index contributed by atoms with van der Waals surface area (Å²) in [5.74, 6) is 0. The van der Waals surface area contributed by atoms with E-state index in [1.54, 1.807) is 0 Å². The Kier molecular flexibility index (Phi) is 7.56. The molecule has 1 nitrogen and oxygen atoms in total. The fraction of sp³-hybridized carbons (Fsp3) is 0.0566. The monoisotopic (exact) mass is 689 g/mol. The van der Waals surface area contributed by atoms with Gasteiger partial charge in [0.05, 0.1) is 0 Å². The van der Waals surface area contributed by atoms with E-state index in [1.807, 2.05) is 0 Å². The molecule has 9 aromatic carbocycles. The van der Waals surface area contributed by atoms with Crippen molar-refractivity contribution in [3.8, 4) is 44.5 Å². The van der Waals surface area contributed by atoms with Crippen LogP contribution in [-0.2, 0) is 5.41 Å². The number of anilines is 3. The molecule has 1 aliphatic rings. The summed E-state index contributed by atoms with van der Waals surface area (Å²) in [5.41, 5.74) is 15.9. The van der Waals surface area contributed by atoms with E-state index in [2.05, 4.69) is 219 Å². The summed E-state index contributed by atoms with van der Waals surface area (Å²) < 4.78 is 0. The van der Waals surface area contributed by atoms with Crippen LogP contribution >= 0.6 is 0 Å². The van der Waals surface area contributed by atoms with Crippen molar-refractivity contribution in [2.45, 2.75) is 19.3 Å². The zero-order valence-electron chi connectivity index (χ0n) is 30.5. The van der Waals surface area contributed by atoms with E-state index in [1.165, 1.54) is 77.2 Å².